The van der Waals surface area contributed by atoms with Gasteiger partial charge in [-0.05, 0) is 96.3 Å². The van der Waals surface area contributed by atoms with Crippen LogP contribution in [0.15, 0.2) is 109 Å². The summed E-state index contributed by atoms with van der Waals surface area (Å²) in [5.74, 6) is -0.272. The van der Waals surface area contributed by atoms with Gasteiger partial charge in [0, 0.05) is 6.42 Å². The quantitative estimate of drug-likeness (QED) is 0.0204. The molecule has 0 aliphatic carbocycles. The molecule has 0 aromatic rings. The number of allylic oxidation sites excluding steroid dienone is 17. The molecule has 1 amide bonds. The van der Waals surface area contributed by atoms with Crippen molar-refractivity contribution in [3.05, 3.63) is 109 Å². The molecule has 2 fully saturated rings. The normalized spacial score (nSPS) is 24.6. The lowest BCUT2D eigenvalue weighted by Gasteiger charge is -2.46. The molecule has 0 bridgehead atoms. The second-order valence-corrected chi connectivity index (χ2v) is 22.5. The Balaban J connectivity index is 1.77. The molecule has 9 N–H and O–H groups in total. The third-order valence-electron chi connectivity index (χ3n) is 15.2. The van der Waals surface area contributed by atoms with E-state index in [0.717, 1.165) is 103 Å². The number of hydrogen-bond donors (Lipinski definition) is 9. The highest BCUT2D eigenvalue weighted by molar-refractivity contribution is 5.76. The van der Waals surface area contributed by atoms with Crippen LogP contribution in [0.5, 0.6) is 0 Å². The van der Waals surface area contributed by atoms with Crippen LogP contribution in [0, 0.1) is 0 Å². The summed E-state index contributed by atoms with van der Waals surface area (Å²) in [4.78, 5) is 13.3. The molecule has 0 aromatic carbocycles. The van der Waals surface area contributed by atoms with Crippen LogP contribution in [0.3, 0.4) is 0 Å². The maximum atomic E-state index is 13.3. The van der Waals surface area contributed by atoms with Crippen LogP contribution < -0.4 is 5.32 Å². The first-order valence-corrected chi connectivity index (χ1v) is 32.6. The van der Waals surface area contributed by atoms with E-state index in [9.17, 15) is 45.6 Å². The summed E-state index contributed by atoms with van der Waals surface area (Å²) in [5.41, 5.74) is 0. The Morgan fingerprint density at radius 3 is 1.33 bits per heavy atom. The van der Waals surface area contributed by atoms with Gasteiger partial charge in [-0.1, -0.05) is 232 Å². The SMILES string of the molecule is CC/C=C\C/C=C\C/C=C\C/C=C\C/C=C\C/C=C\CCCCCCCCC(=O)NC(COC1OC(CO)C(OC2OC(CO)C(O)C(O)C2O)C(O)C1O)C(O)/C=C/CC/C=C/CC/C=C/CCCCCCCCCCCCCCCC. The molecule has 2 aliphatic heterocycles. The van der Waals surface area contributed by atoms with E-state index in [1.54, 1.807) is 6.08 Å². The van der Waals surface area contributed by atoms with E-state index in [-0.39, 0.29) is 18.9 Å². The smallest absolute Gasteiger partial charge is 0.220 e. The van der Waals surface area contributed by atoms with E-state index in [0.29, 0.717) is 12.8 Å². The molecule has 83 heavy (non-hydrogen) atoms. The number of aliphatic hydroxyl groups excluding tert-OH is 8. The maximum Gasteiger partial charge on any atom is 0.220 e. The van der Waals surface area contributed by atoms with E-state index in [2.05, 4.69) is 116 Å². The number of nitrogens with one attached hydrogen (secondary N) is 1. The second-order valence-electron chi connectivity index (χ2n) is 22.5. The van der Waals surface area contributed by atoms with Crippen molar-refractivity contribution in [2.24, 2.45) is 0 Å². The summed E-state index contributed by atoms with van der Waals surface area (Å²) in [6.45, 7) is 2.65. The molecule has 2 saturated heterocycles. The molecule has 0 aromatic heterocycles. The van der Waals surface area contributed by atoms with Crippen molar-refractivity contribution in [1.82, 2.24) is 5.32 Å². The van der Waals surface area contributed by atoms with Crippen molar-refractivity contribution < 1.29 is 64.6 Å². The molecule has 2 heterocycles. The van der Waals surface area contributed by atoms with Gasteiger partial charge in [-0.2, -0.15) is 0 Å². The van der Waals surface area contributed by atoms with Crippen LogP contribution in [0.25, 0.3) is 0 Å². The lowest BCUT2D eigenvalue weighted by atomic mass is 9.97. The highest BCUT2D eigenvalue weighted by atomic mass is 16.7. The zero-order valence-corrected chi connectivity index (χ0v) is 51.4. The predicted octanol–water partition coefficient (Wildman–Crippen LogP) is 12.4. The average molecular weight is 1170 g/mol. The number of aliphatic hydroxyl groups is 8. The zero-order valence-electron chi connectivity index (χ0n) is 51.4. The van der Waals surface area contributed by atoms with Crippen molar-refractivity contribution in [2.75, 3.05) is 19.8 Å². The first-order chi connectivity index (χ1) is 40.6. The van der Waals surface area contributed by atoms with Crippen LogP contribution in [0.2, 0.25) is 0 Å². The number of unbranched alkanes of at least 4 members (excludes halogenated alkanes) is 22. The summed E-state index contributed by atoms with van der Waals surface area (Å²) < 4.78 is 22.8. The first kappa shape index (κ1) is 75.7. The fourth-order valence-electron chi connectivity index (χ4n) is 9.97. The molecule has 14 heteroatoms. The molecule has 0 radical (unpaired) electrons. The highest BCUT2D eigenvalue weighted by Crippen LogP contribution is 2.30. The van der Waals surface area contributed by atoms with Crippen molar-refractivity contribution in [2.45, 2.75) is 299 Å². The Morgan fingerprint density at radius 2 is 0.843 bits per heavy atom. The van der Waals surface area contributed by atoms with E-state index < -0.39 is 86.8 Å². The van der Waals surface area contributed by atoms with Gasteiger partial charge in [-0.25, -0.2) is 0 Å². The molecule has 476 valence electrons. The van der Waals surface area contributed by atoms with Gasteiger partial charge < -0.3 is 65.1 Å². The topological polar surface area (TPSA) is 228 Å². The number of rotatable bonds is 51. The molecule has 2 rings (SSSR count). The monoisotopic (exact) mass is 1170 g/mol. The zero-order chi connectivity index (χ0) is 60.2. The first-order valence-electron chi connectivity index (χ1n) is 32.6. The maximum absolute atomic E-state index is 13.3. The van der Waals surface area contributed by atoms with Gasteiger partial charge in [0.2, 0.25) is 5.91 Å². The fraction of sp³-hybridized carbons (Fsp3) is 0.725. The van der Waals surface area contributed by atoms with Gasteiger partial charge in [0.05, 0.1) is 32.0 Å². The summed E-state index contributed by atoms with van der Waals surface area (Å²) in [6, 6.07) is -0.955. The molecule has 12 atom stereocenters. The van der Waals surface area contributed by atoms with Crippen molar-refractivity contribution >= 4 is 5.91 Å². The Morgan fingerprint density at radius 1 is 0.446 bits per heavy atom. The third kappa shape index (κ3) is 37.7. The van der Waals surface area contributed by atoms with Gasteiger partial charge in [0.25, 0.3) is 0 Å². The Bertz CT molecular complexity index is 1810. The van der Waals surface area contributed by atoms with Gasteiger partial charge in [0.15, 0.2) is 12.6 Å². The Kier molecular flexibility index (Phi) is 48.3. The summed E-state index contributed by atoms with van der Waals surface area (Å²) in [5, 5.41) is 87.3. The molecule has 14 nitrogen and oxygen atoms in total. The van der Waals surface area contributed by atoms with Crippen LogP contribution in [-0.4, -0.2) is 140 Å². The van der Waals surface area contributed by atoms with Crippen molar-refractivity contribution in [3.63, 3.8) is 0 Å². The van der Waals surface area contributed by atoms with Crippen LogP contribution in [0.4, 0.5) is 0 Å². The summed E-state index contributed by atoms with van der Waals surface area (Å²) >= 11 is 0. The van der Waals surface area contributed by atoms with Gasteiger partial charge in [-0.3, -0.25) is 4.79 Å². The van der Waals surface area contributed by atoms with E-state index in [1.165, 1.54) is 89.9 Å². The van der Waals surface area contributed by atoms with E-state index >= 15 is 0 Å². The molecule has 0 saturated carbocycles. The number of amides is 1. The van der Waals surface area contributed by atoms with Gasteiger partial charge in [-0.15, -0.1) is 0 Å². The van der Waals surface area contributed by atoms with Gasteiger partial charge >= 0.3 is 0 Å². The number of carbonyl (C=O) groups is 1. The molecule has 2 aliphatic rings. The van der Waals surface area contributed by atoms with Gasteiger partial charge in [0.1, 0.15) is 48.8 Å². The van der Waals surface area contributed by atoms with Crippen molar-refractivity contribution in [3.8, 4) is 0 Å². The minimum atomic E-state index is -1.80. The predicted molar refractivity (Wildman–Crippen MR) is 336 cm³/mol. The van der Waals surface area contributed by atoms with E-state index in [4.69, 9.17) is 18.9 Å². The number of hydrogen-bond acceptors (Lipinski definition) is 13. The standard InChI is InChI=1S/C69H117NO13/c1-3-5-7-9-11-13-15-17-19-21-23-25-27-29-31-33-35-37-39-41-43-45-47-49-51-53-61(74)70-57(56-80-68-66(79)64(77)67(60(55-72)82-68)83-69-65(78)63(76)62(75)59(54-71)81-69)58(73)52-50-48-46-44-42-40-38-36-34-32-30-28-26-24-22-20-18-16-14-12-10-8-6-4-2/h5,7,11,13,17,19,23,25,29,31,34-37,42,44,50,52,57-60,62-69,71-73,75-79H,3-4,6,8-10,12,14-16,18,20-22,24,26-28,30,32-33,38-41,43,45-49,51,53-56H2,1-2H3,(H,70,74)/b7-5-,13-11-,19-17-,25-23-,31-29-,36-34+,37-35-,44-42+,52-50+. The molecule has 0 spiro atoms. The molecular formula is C69H117NO13. The average Bonchev–Trinajstić information content (AvgIpc) is 3.65. The van der Waals surface area contributed by atoms with Crippen LogP contribution >= 0.6 is 0 Å². The minimum absolute atomic E-state index is 0.246. The molecular weight excluding hydrogens is 1050 g/mol. The lowest BCUT2D eigenvalue weighted by molar-refractivity contribution is -0.359. The summed E-state index contributed by atoms with van der Waals surface area (Å²) in [6.07, 6.45) is 58.4. The number of ether oxygens (including phenoxy) is 4. The second kappa shape index (κ2) is 52.9. The molecule has 12 unspecified atom stereocenters. The van der Waals surface area contributed by atoms with Crippen molar-refractivity contribution in [1.29, 1.82) is 0 Å². The largest absolute Gasteiger partial charge is 0.394 e. The van der Waals surface area contributed by atoms with Crippen LogP contribution in [-0.2, 0) is 23.7 Å². The minimum Gasteiger partial charge on any atom is -0.394 e. The van der Waals surface area contributed by atoms with Crippen LogP contribution in [0.1, 0.15) is 226 Å². The summed E-state index contributed by atoms with van der Waals surface area (Å²) in [7, 11) is 0. The Hall–Kier alpha value is -3.35. The fourth-order valence-corrected chi connectivity index (χ4v) is 9.97. The lowest BCUT2D eigenvalue weighted by Crippen LogP contribution is -2.65. The highest BCUT2D eigenvalue weighted by Gasteiger charge is 2.51. The third-order valence-corrected chi connectivity index (χ3v) is 15.2. The number of carbonyl (C=O) groups excluding carboxylic acids is 1. The van der Waals surface area contributed by atoms with E-state index in [1.807, 2.05) is 6.08 Å². The Labute approximate surface area is 502 Å².